The molecule has 25 heavy (non-hydrogen) atoms. The fourth-order valence-corrected chi connectivity index (χ4v) is 4.31. The number of fused-ring (bicyclic) bond motifs is 3. The Morgan fingerprint density at radius 3 is 2.52 bits per heavy atom. The van der Waals surface area contributed by atoms with Crippen LogP contribution in [-0.4, -0.2) is 15.8 Å². The third kappa shape index (κ3) is 1.87. The minimum atomic E-state index is -0.582. The fraction of sp³-hybridized carbons (Fsp3) is 0.0556. The molecular formula is C18H11N3O3S. The number of thiophene rings is 1. The third-order valence-electron chi connectivity index (χ3n) is 4.64. The lowest BCUT2D eigenvalue weighted by Crippen LogP contribution is -2.33. The van der Waals surface area contributed by atoms with Crippen molar-refractivity contribution < 1.29 is 4.79 Å². The zero-order valence-corrected chi connectivity index (χ0v) is 13.6. The number of hydrogen-bond donors (Lipinski definition) is 3. The van der Waals surface area contributed by atoms with Crippen molar-refractivity contribution in [2.45, 2.75) is 5.92 Å². The van der Waals surface area contributed by atoms with Crippen molar-refractivity contribution >= 4 is 28.6 Å². The molecule has 0 saturated carbocycles. The Bertz CT molecular complexity index is 1180. The van der Waals surface area contributed by atoms with Gasteiger partial charge < -0.3 is 5.32 Å². The maximum Gasteiger partial charge on any atom is 0.327 e. The highest BCUT2D eigenvalue weighted by atomic mass is 32.1. The Kier molecular flexibility index (Phi) is 2.78. The summed E-state index contributed by atoms with van der Waals surface area (Å²) >= 11 is 1.50. The predicted molar refractivity (Wildman–Crippen MR) is 95.2 cm³/mol. The highest BCUT2D eigenvalue weighted by Crippen LogP contribution is 2.47. The summed E-state index contributed by atoms with van der Waals surface area (Å²) in [4.78, 5) is 42.2. The van der Waals surface area contributed by atoms with Crippen LogP contribution in [0.1, 0.15) is 33.0 Å². The summed E-state index contributed by atoms with van der Waals surface area (Å²) in [7, 11) is 0. The normalized spacial score (nSPS) is 17.8. The Hall–Kier alpha value is -3.19. The van der Waals surface area contributed by atoms with Crippen LogP contribution in [0.4, 0.5) is 5.82 Å². The van der Waals surface area contributed by atoms with Crippen LogP contribution >= 0.6 is 11.3 Å². The van der Waals surface area contributed by atoms with Gasteiger partial charge >= 0.3 is 5.69 Å². The van der Waals surface area contributed by atoms with Crippen molar-refractivity contribution in [2.24, 2.45) is 0 Å². The molecule has 0 radical (unpaired) electrons. The minimum Gasteiger partial charge on any atom is -0.340 e. The summed E-state index contributed by atoms with van der Waals surface area (Å²) in [5.74, 6) is -0.267. The highest BCUT2D eigenvalue weighted by molar-refractivity contribution is 7.08. The van der Waals surface area contributed by atoms with Crippen LogP contribution < -0.4 is 16.6 Å². The number of aromatic amines is 2. The zero-order valence-electron chi connectivity index (χ0n) is 12.8. The number of H-pyrrole nitrogens is 2. The van der Waals surface area contributed by atoms with Gasteiger partial charge in [0.25, 0.3) is 5.56 Å². The quantitative estimate of drug-likeness (QED) is 0.628. The van der Waals surface area contributed by atoms with Gasteiger partial charge in [-0.1, -0.05) is 24.3 Å². The number of anilines is 1. The third-order valence-corrected chi connectivity index (χ3v) is 5.34. The predicted octanol–water partition coefficient (Wildman–Crippen LogP) is 2.29. The first-order valence-corrected chi connectivity index (χ1v) is 8.63. The van der Waals surface area contributed by atoms with Gasteiger partial charge in [0.2, 0.25) is 0 Å². The lowest BCUT2D eigenvalue weighted by Gasteiger charge is -2.26. The molecule has 122 valence electrons. The summed E-state index contributed by atoms with van der Waals surface area (Å²) < 4.78 is 0. The molecule has 1 aromatic carbocycles. The molecule has 1 aliphatic heterocycles. The smallest absolute Gasteiger partial charge is 0.327 e. The largest absolute Gasteiger partial charge is 0.340 e. The number of hydrogen-bond acceptors (Lipinski definition) is 5. The summed E-state index contributed by atoms with van der Waals surface area (Å²) in [6.45, 7) is 0. The lowest BCUT2D eigenvalue weighted by atomic mass is 9.83. The Labute approximate surface area is 144 Å². The van der Waals surface area contributed by atoms with Gasteiger partial charge in [-0.3, -0.25) is 19.6 Å². The van der Waals surface area contributed by atoms with Crippen LogP contribution in [0.25, 0.3) is 5.70 Å². The second kappa shape index (κ2) is 4.90. The van der Waals surface area contributed by atoms with Crippen molar-refractivity contribution in [2.75, 3.05) is 5.32 Å². The fourth-order valence-electron chi connectivity index (χ4n) is 3.62. The van der Waals surface area contributed by atoms with E-state index in [2.05, 4.69) is 15.3 Å². The molecule has 0 saturated heterocycles. The molecule has 1 atom stereocenters. The van der Waals surface area contributed by atoms with E-state index in [1.165, 1.54) is 11.3 Å². The van der Waals surface area contributed by atoms with E-state index < -0.39 is 17.2 Å². The molecule has 0 unspecified atom stereocenters. The van der Waals surface area contributed by atoms with Crippen LogP contribution in [-0.2, 0) is 0 Å². The van der Waals surface area contributed by atoms with E-state index in [1.54, 1.807) is 6.07 Å². The van der Waals surface area contributed by atoms with Gasteiger partial charge in [0.15, 0.2) is 5.78 Å². The summed E-state index contributed by atoms with van der Waals surface area (Å²) in [5.41, 5.74) is 2.74. The van der Waals surface area contributed by atoms with Crippen LogP contribution in [0.2, 0.25) is 0 Å². The molecule has 3 aromatic rings. The van der Waals surface area contributed by atoms with E-state index in [1.807, 2.05) is 35.0 Å². The van der Waals surface area contributed by atoms with Crippen molar-refractivity contribution in [1.29, 1.82) is 0 Å². The topological polar surface area (TPSA) is 94.8 Å². The number of ketones is 1. The molecule has 0 spiro atoms. The van der Waals surface area contributed by atoms with Gasteiger partial charge in [-0.25, -0.2) is 4.79 Å². The minimum absolute atomic E-state index is 0.0921. The van der Waals surface area contributed by atoms with E-state index in [-0.39, 0.29) is 5.78 Å². The molecule has 6 nitrogen and oxygen atoms in total. The van der Waals surface area contributed by atoms with Crippen molar-refractivity contribution in [3.8, 4) is 0 Å². The molecule has 2 aliphatic rings. The number of nitrogens with one attached hydrogen (secondary N) is 3. The summed E-state index contributed by atoms with van der Waals surface area (Å²) in [6, 6.07) is 9.22. The number of Topliss-reactive ketones (excluding diaryl/α,β-unsaturated/α-hetero) is 1. The monoisotopic (exact) mass is 349 g/mol. The Morgan fingerprint density at radius 2 is 1.76 bits per heavy atom. The van der Waals surface area contributed by atoms with Crippen LogP contribution in [0.5, 0.6) is 0 Å². The zero-order chi connectivity index (χ0) is 17.1. The summed E-state index contributed by atoms with van der Waals surface area (Å²) in [5, 5.41) is 6.93. The van der Waals surface area contributed by atoms with Crippen LogP contribution in [0, 0.1) is 0 Å². The molecule has 0 bridgehead atoms. The Balaban J connectivity index is 1.86. The Morgan fingerprint density at radius 1 is 0.960 bits per heavy atom. The standard InChI is InChI=1S/C18H11N3O3S/c22-15-10-4-2-1-3-9(10)14-12(15)11(8-5-6-25-7-8)13-16(19-14)20-18(24)21-17(13)23/h1-7,11H,(H3,19,20,21,23,24)/t11-/m1/s1. The van der Waals surface area contributed by atoms with E-state index in [9.17, 15) is 14.4 Å². The number of aromatic nitrogens is 2. The number of allylic oxidation sites excluding steroid dienone is 1. The van der Waals surface area contributed by atoms with Gasteiger partial charge in [0.1, 0.15) is 5.82 Å². The van der Waals surface area contributed by atoms with Crippen molar-refractivity contribution in [3.05, 3.63) is 89.8 Å². The van der Waals surface area contributed by atoms with Crippen LogP contribution in [0.15, 0.2) is 56.3 Å². The van der Waals surface area contributed by atoms with Crippen LogP contribution in [0.3, 0.4) is 0 Å². The van der Waals surface area contributed by atoms with Gasteiger partial charge in [-0.2, -0.15) is 11.3 Å². The summed E-state index contributed by atoms with van der Waals surface area (Å²) in [6.07, 6.45) is 0. The molecule has 0 fully saturated rings. The first kappa shape index (κ1) is 14.2. The average Bonchev–Trinajstić information content (AvgIpc) is 3.21. The lowest BCUT2D eigenvalue weighted by molar-refractivity contribution is 0.103. The number of benzene rings is 1. The second-order valence-electron chi connectivity index (χ2n) is 5.98. The van der Waals surface area contributed by atoms with E-state index in [4.69, 9.17) is 0 Å². The number of carbonyl (C=O) groups excluding carboxylic acids is 1. The highest BCUT2D eigenvalue weighted by Gasteiger charge is 2.41. The SMILES string of the molecule is O=C1C2=C(Nc3[nH]c(=O)[nH]c(=O)c3[C@@H]2c2ccsc2)c2ccccc21. The maximum absolute atomic E-state index is 13.0. The van der Waals surface area contributed by atoms with Gasteiger partial charge in [0, 0.05) is 22.6 Å². The molecule has 2 aromatic heterocycles. The molecule has 5 rings (SSSR count). The molecule has 1 aliphatic carbocycles. The van der Waals surface area contributed by atoms with Crippen molar-refractivity contribution in [3.63, 3.8) is 0 Å². The first-order valence-electron chi connectivity index (χ1n) is 7.69. The van der Waals surface area contributed by atoms with E-state index in [0.717, 1.165) is 11.1 Å². The first-order chi connectivity index (χ1) is 12.1. The van der Waals surface area contributed by atoms with E-state index in [0.29, 0.717) is 28.2 Å². The van der Waals surface area contributed by atoms with E-state index >= 15 is 0 Å². The molecule has 3 heterocycles. The second-order valence-corrected chi connectivity index (χ2v) is 6.76. The maximum atomic E-state index is 13.0. The van der Waals surface area contributed by atoms with Gasteiger partial charge in [0.05, 0.1) is 11.3 Å². The number of carbonyl (C=O) groups is 1. The average molecular weight is 349 g/mol. The molecular weight excluding hydrogens is 338 g/mol. The molecule has 7 heteroatoms. The van der Waals surface area contributed by atoms with Gasteiger partial charge in [-0.05, 0) is 22.4 Å². The molecule has 3 N–H and O–H groups in total. The van der Waals surface area contributed by atoms with Gasteiger partial charge in [-0.15, -0.1) is 0 Å². The number of rotatable bonds is 1. The molecule has 0 amide bonds. The van der Waals surface area contributed by atoms with Crippen molar-refractivity contribution in [1.82, 2.24) is 9.97 Å².